The van der Waals surface area contributed by atoms with E-state index in [0.29, 0.717) is 0 Å². The van der Waals surface area contributed by atoms with Crippen LogP contribution < -0.4 is 59.1 Å². The molecule has 0 bridgehead atoms. The van der Waals surface area contributed by atoms with Crippen LogP contribution >= 0.6 is 0 Å². The molecule has 0 aromatic carbocycles. The van der Waals surface area contributed by atoms with E-state index in [1.165, 1.54) is 0 Å². The summed E-state index contributed by atoms with van der Waals surface area (Å²) in [7, 11) is -2.57. The van der Waals surface area contributed by atoms with E-state index >= 15 is 0 Å². The monoisotopic (exact) mass is 254 g/mol. The van der Waals surface area contributed by atoms with Gasteiger partial charge in [0.15, 0.2) is 0 Å². The van der Waals surface area contributed by atoms with Gasteiger partial charge in [-0.15, -0.1) is 0 Å². The Balaban J connectivity index is -0.000000141. The number of aliphatic carboxylic acids is 2. The van der Waals surface area contributed by atoms with Crippen molar-refractivity contribution in [2.75, 3.05) is 0 Å². The van der Waals surface area contributed by atoms with Gasteiger partial charge in [0.1, 0.15) is 0 Å². The van der Waals surface area contributed by atoms with E-state index in [0.717, 1.165) is 0 Å². The third-order valence-electron chi connectivity index (χ3n) is 0.765. The van der Waals surface area contributed by atoms with Crippen molar-refractivity contribution in [1.29, 1.82) is 0 Å². The number of hydrogen-bond donors (Lipinski definition) is 3. The molecule has 0 aliphatic heterocycles. The van der Waals surface area contributed by atoms with Crippen molar-refractivity contribution in [2.24, 2.45) is 0 Å². The van der Waals surface area contributed by atoms with E-state index in [4.69, 9.17) is 15.2 Å². The molecule has 0 aliphatic rings. The van der Waals surface area contributed by atoms with Crippen LogP contribution in [0.5, 0.6) is 0 Å². The molecule has 16 heavy (non-hydrogen) atoms. The molecule has 80 valence electrons. The van der Waals surface area contributed by atoms with Crippen molar-refractivity contribution in [3.05, 3.63) is 0 Å². The minimum atomic E-state index is -2.57. The zero-order chi connectivity index (χ0) is 11.3. The average Bonchev–Trinajstić information content (AvgIpc) is 2.03. The van der Waals surface area contributed by atoms with Crippen LogP contribution in [0.2, 0.25) is 0 Å². The van der Waals surface area contributed by atoms with Crippen LogP contribution in [0.1, 0.15) is 2.85 Å². The van der Waals surface area contributed by atoms with Crippen molar-refractivity contribution in [3.63, 3.8) is 0 Å². The second kappa shape index (κ2) is 10.1. The molecule has 0 saturated heterocycles. The molecule has 0 spiro atoms. The molecule has 0 atom stereocenters. The second-order valence-electron chi connectivity index (χ2n) is 1.73. The molecule has 0 aliphatic carbocycles. The maximum absolute atomic E-state index is 10.2. The van der Waals surface area contributed by atoms with Crippen LogP contribution in [-0.4, -0.2) is 46.4 Å². The number of rotatable bonds is 2. The fraction of sp³-hybridized carbons (Fsp3) is 0. The van der Waals surface area contributed by atoms with Gasteiger partial charge < -0.3 is 27.4 Å². The SMILES string of the molecule is O=C(O)C(=O)OB(O)OC(=O)C(=O)O.[H-].[H-].[Na+].[Na+]. The minimum absolute atomic E-state index is 0. The smallest absolute Gasteiger partial charge is 1.00 e. The fourth-order valence-corrected chi connectivity index (χ4v) is 0.308. The fourth-order valence-electron chi connectivity index (χ4n) is 0.308. The molecule has 0 rings (SSSR count). The van der Waals surface area contributed by atoms with Crippen LogP contribution in [0.25, 0.3) is 0 Å². The molecule has 0 fully saturated rings. The predicted molar refractivity (Wildman–Crippen MR) is 37.7 cm³/mol. The van der Waals surface area contributed by atoms with Gasteiger partial charge in [0.2, 0.25) is 0 Å². The first-order valence-corrected chi connectivity index (χ1v) is 2.90. The molecule has 12 heteroatoms. The summed E-state index contributed by atoms with van der Waals surface area (Å²) in [4.78, 5) is 40.0. The van der Waals surface area contributed by atoms with E-state index in [1.54, 1.807) is 0 Å². The van der Waals surface area contributed by atoms with Crippen molar-refractivity contribution >= 4 is 31.2 Å². The van der Waals surface area contributed by atoms with Crippen molar-refractivity contribution in [1.82, 2.24) is 0 Å². The minimum Gasteiger partial charge on any atom is -1.00 e. The van der Waals surface area contributed by atoms with E-state index in [1.807, 2.05) is 0 Å². The molecule has 0 saturated carbocycles. The first kappa shape index (κ1) is 21.2. The molecule has 0 aromatic heterocycles. The Morgan fingerprint density at radius 3 is 1.31 bits per heavy atom. The number of carbonyl (C=O) groups excluding carboxylic acids is 2. The Kier molecular flexibility index (Phi) is 13.4. The average molecular weight is 254 g/mol. The summed E-state index contributed by atoms with van der Waals surface area (Å²) in [5.74, 6) is -7.85. The molecule has 9 nitrogen and oxygen atoms in total. The van der Waals surface area contributed by atoms with Crippen molar-refractivity contribution < 1.29 is 106 Å². The predicted octanol–water partition coefficient (Wildman–Crippen LogP) is -8.55. The Morgan fingerprint density at radius 1 is 0.875 bits per heavy atom. The van der Waals surface area contributed by atoms with Gasteiger partial charge in [0, 0.05) is 0 Å². The normalized spacial score (nSPS) is 7.56. The first-order valence-electron chi connectivity index (χ1n) is 2.90. The Hall–Kier alpha value is -0.0951. The molecular formula is C4H5BNa2O9. The number of hydrogen-bond acceptors (Lipinski definition) is 7. The van der Waals surface area contributed by atoms with Crippen LogP contribution in [0.3, 0.4) is 0 Å². The van der Waals surface area contributed by atoms with E-state index in [2.05, 4.69) is 9.31 Å². The van der Waals surface area contributed by atoms with Gasteiger partial charge in [0.05, 0.1) is 0 Å². The molecule has 0 unspecified atom stereocenters. The van der Waals surface area contributed by atoms with E-state index in [-0.39, 0.29) is 62.0 Å². The Morgan fingerprint density at radius 2 is 1.12 bits per heavy atom. The van der Waals surface area contributed by atoms with Crippen molar-refractivity contribution in [3.8, 4) is 0 Å². The summed E-state index contributed by atoms with van der Waals surface area (Å²) in [5, 5.41) is 24.3. The molecule has 0 amide bonds. The number of carboxylic acids is 2. The van der Waals surface area contributed by atoms with Crippen LogP contribution in [0, 0.1) is 0 Å². The Labute approximate surface area is 136 Å². The third kappa shape index (κ3) is 9.15. The molecular weight excluding hydrogens is 249 g/mol. The van der Waals surface area contributed by atoms with Crippen molar-refractivity contribution in [2.45, 2.75) is 0 Å². The van der Waals surface area contributed by atoms with E-state index < -0.39 is 31.2 Å². The zero-order valence-corrected chi connectivity index (χ0v) is 12.4. The van der Waals surface area contributed by atoms with E-state index in [9.17, 15) is 19.2 Å². The molecule has 0 heterocycles. The van der Waals surface area contributed by atoms with Gasteiger partial charge in [-0.05, 0) is 0 Å². The summed E-state index contributed by atoms with van der Waals surface area (Å²) in [5.41, 5.74) is 0. The largest absolute Gasteiger partial charge is 1.00 e. The summed E-state index contributed by atoms with van der Waals surface area (Å²) in [6.45, 7) is 0. The standard InChI is InChI=1S/C4H3BO9.2Na.2H/c6-1(7)3(10)13-5(12)14-4(11)2(8)9;;;;/h12H,(H,6,7)(H,8,9);;;;/q;2*+1;2*-1. The topological polar surface area (TPSA) is 147 Å². The maximum Gasteiger partial charge on any atom is 1.00 e. The van der Waals surface area contributed by atoms with Gasteiger partial charge in [-0.3, -0.25) is 0 Å². The molecule has 0 aromatic rings. The summed E-state index contributed by atoms with van der Waals surface area (Å²) >= 11 is 0. The quantitative estimate of drug-likeness (QED) is 0.322. The third-order valence-corrected chi connectivity index (χ3v) is 0.765. The number of carbonyl (C=O) groups is 4. The molecule has 3 N–H and O–H groups in total. The van der Waals surface area contributed by atoms with Gasteiger partial charge >= 0.3 is 90.3 Å². The van der Waals surface area contributed by atoms with Crippen LogP contribution in [0.15, 0.2) is 0 Å². The Bertz CT molecular complexity index is 272. The van der Waals surface area contributed by atoms with Gasteiger partial charge in [-0.25, -0.2) is 19.2 Å². The van der Waals surface area contributed by atoms with Crippen LogP contribution in [0.4, 0.5) is 0 Å². The number of carboxylic acid groups (broad SMARTS) is 2. The summed E-state index contributed by atoms with van der Waals surface area (Å²) < 4.78 is 7.09. The van der Waals surface area contributed by atoms with Gasteiger partial charge in [-0.1, -0.05) is 0 Å². The van der Waals surface area contributed by atoms with Gasteiger partial charge in [-0.2, -0.15) is 0 Å². The zero-order valence-electron chi connectivity index (χ0n) is 10.4. The molecule has 0 radical (unpaired) electrons. The second-order valence-corrected chi connectivity index (χ2v) is 1.73. The van der Waals surface area contributed by atoms with Gasteiger partial charge in [0.25, 0.3) is 0 Å². The first-order chi connectivity index (χ1) is 6.34. The van der Waals surface area contributed by atoms with Crippen LogP contribution in [-0.2, 0) is 28.5 Å². The maximum atomic E-state index is 10.2. The summed E-state index contributed by atoms with van der Waals surface area (Å²) in [6, 6.07) is 0. The summed E-state index contributed by atoms with van der Waals surface area (Å²) in [6.07, 6.45) is 0.